The Morgan fingerprint density at radius 3 is 2.27 bits per heavy atom. The Kier molecular flexibility index (Phi) is 6.67. The average molecular weight is 362 g/mol. The van der Waals surface area contributed by atoms with Crippen molar-refractivity contribution in [2.24, 2.45) is 23.2 Å². The van der Waals surface area contributed by atoms with Crippen molar-refractivity contribution >= 4 is 0 Å². The molecule has 1 saturated heterocycles. The Morgan fingerprint density at radius 2 is 1.65 bits per heavy atom. The Labute approximate surface area is 156 Å². The Morgan fingerprint density at radius 1 is 0.885 bits per heavy atom. The molecule has 5 nitrogen and oxygen atoms in total. The van der Waals surface area contributed by atoms with Crippen molar-refractivity contribution in [1.82, 2.24) is 0 Å². The molecule has 0 spiro atoms. The summed E-state index contributed by atoms with van der Waals surface area (Å²) in [5, 5.41) is 0. The van der Waals surface area contributed by atoms with Crippen LogP contribution in [-0.2, 0) is 23.7 Å². The van der Waals surface area contributed by atoms with Crippen LogP contribution in [0.5, 0.6) is 0 Å². The van der Waals surface area contributed by atoms with Crippen LogP contribution >= 0.6 is 0 Å². The van der Waals surface area contributed by atoms with Crippen molar-refractivity contribution in [1.29, 1.82) is 0 Å². The molecule has 3 aliphatic rings. The van der Waals surface area contributed by atoms with Crippen LogP contribution in [0.25, 0.3) is 0 Å². The van der Waals surface area contributed by atoms with Gasteiger partial charge < -0.3 is 23.7 Å². The molecule has 2 aliphatic carbocycles. The van der Waals surface area contributed by atoms with Crippen LogP contribution in [0, 0.1) is 23.2 Å². The second-order valence-corrected chi connectivity index (χ2v) is 7.60. The van der Waals surface area contributed by atoms with E-state index in [2.05, 4.69) is 13.2 Å². The zero-order valence-electron chi connectivity index (χ0n) is 15.4. The minimum absolute atomic E-state index is 0.0479. The van der Waals surface area contributed by atoms with Gasteiger partial charge >= 0.3 is 0 Å². The summed E-state index contributed by atoms with van der Waals surface area (Å²) in [6.45, 7) is 10.5. The first-order valence-electron chi connectivity index (χ1n) is 9.38. The van der Waals surface area contributed by atoms with Gasteiger partial charge in [-0.2, -0.15) is 0 Å². The van der Waals surface area contributed by atoms with Gasteiger partial charge in [0.2, 0.25) is 0 Å². The van der Waals surface area contributed by atoms with Gasteiger partial charge in [-0.25, -0.2) is 0 Å². The van der Waals surface area contributed by atoms with Crippen molar-refractivity contribution in [3.63, 3.8) is 0 Å². The van der Waals surface area contributed by atoms with Crippen molar-refractivity contribution in [2.45, 2.75) is 25.4 Å². The minimum Gasteiger partial charge on any atom is -0.501 e. The number of fused-ring (bicyclic) bond motifs is 2. The summed E-state index contributed by atoms with van der Waals surface area (Å²) >= 11 is 0. The summed E-state index contributed by atoms with van der Waals surface area (Å²) in [6, 6.07) is 0. The third-order valence-corrected chi connectivity index (χ3v) is 5.69. The maximum atomic E-state index is 5.70. The number of hydrogen-bond acceptors (Lipinski definition) is 5. The van der Waals surface area contributed by atoms with Crippen LogP contribution < -0.4 is 0 Å². The highest BCUT2D eigenvalue weighted by Crippen LogP contribution is 2.49. The highest BCUT2D eigenvalue weighted by Gasteiger charge is 2.46. The average Bonchev–Trinajstić information content (AvgIpc) is 3.19. The molecule has 2 bridgehead atoms. The van der Waals surface area contributed by atoms with E-state index < -0.39 is 0 Å². The third kappa shape index (κ3) is 4.64. The fraction of sp³-hybridized carbons (Fsp3) is 0.619. The Hall–Kier alpha value is -1.88. The fourth-order valence-corrected chi connectivity index (χ4v) is 4.28. The molecule has 0 aromatic rings. The summed E-state index contributed by atoms with van der Waals surface area (Å²) in [4.78, 5) is 0. The van der Waals surface area contributed by atoms with Crippen molar-refractivity contribution < 1.29 is 23.7 Å². The van der Waals surface area contributed by atoms with E-state index in [4.69, 9.17) is 23.7 Å². The molecule has 1 heterocycles. The number of rotatable bonds is 12. The molecule has 1 aliphatic heterocycles. The van der Waals surface area contributed by atoms with E-state index in [0.717, 1.165) is 18.9 Å². The highest BCUT2D eigenvalue weighted by atomic mass is 16.5. The first-order chi connectivity index (χ1) is 12.8. The molecule has 5 heteroatoms. The topological polar surface area (TPSA) is 46.2 Å². The van der Waals surface area contributed by atoms with Gasteiger partial charge in [-0.05, 0) is 49.2 Å². The molecule has 144 valence electrons. The molecule has 4 unspecified atom stereocenters. The van der Waals surface area contributed by atoms with Crippen molar-refractivity contribution in [3.05, 3.63) is 50.4 Å². The zero-order valence-corrected chi connectivity index (χ0v) is 15.4. The molecule has 0 N–H and O–H groups in total. The molecular formula is C21H30O5. The van der Waals surface area contributed by atoms with Crippen molar-refractivity contribution in [2.75, 3.05) is 33.0 Å². The summed E-state index contributed by atoms with van der Waals surface area (Å²) < 4.78 is 27.4. The molecular weight excluding hydrogens is 332 g/mol. The number of ether oxygens (including phenoxy) is 5. The fourth-order valence-electron chi connectivity index (χ4n) is 4.28. The molecule has 0 aromatic heterocycles. The number of hydrogen-bond donors (Lipinski definition) is 0. The standard InChI is InChI=1S/C21H30O5/c1-3-22-13-21(15-25-16-21)14-24-8-6-5-7-23-12-19-10-18-9-17(19)11-20(18)26-4-2/h3-8,17-20H,1-2,9-16H2/b7-5+,8-6+. The quantitative estimate of drug-likeness (QED) is 0.390. The predicted octanol–water partition coefficient (Wildman–Crippen LogP) is 3.80. The van der Waals surface area contributed by atoms with Crippen LogP contribution in [0.2, 0.25) is 0 Å². The molecule has 26 heavy (non-hydrogen) atoms. The Balaban J connectivity index is 1.27. The monoisotopic (exact) mass is 362 g/mol. The molecule has 3 fully saturated rings. The lowest BCUT2D eigenvalue weighted by atomic mass is 9.88. The highest BCUT2D eigenvalue weighted by molar-refractivity contribution is 4.99. The molecule has 0 amide bonds. The lowest BCUT2D eigenvalue weighted by molar-refractivity contribution is -0.160. The van der Waals surface area contributed by atoms with Crippen LogP contribution in [0.15, 0.2) is 50.4 Å². The van der Waals surface area contributed by atoms with E-state index in [-0.39, 0.29) is 5.41 Å². The maximum absolute atomic E-state index is 5.70. The summed E-state index contributed by atoms with van der Waals surface area (Å²) in [7, 11) is 0. The van der Waals surface area contributed by atoms with Gasteiger partial charge in [0.25, 0.3) is 0 Å². The second-order valence-electron chi connectivity index (χ2n) is 7.60. The van der Waals surface area contributed by atoms with Crippen molar-refractivity contribution in [3.8, 4) is 0 Å². The normalized spacial score (nSPS) is 31.7. The van der Waals surface area contributed by atoms with E-state index in [1.807, 2.05) is 12.2 Å². The van der Waals surface area contributed by atoms with Gasteiger partial charge in [0.15, 0.2) is 0 Å². The molecule has 0 radical (unpaired) electrons. The molecule has 4 atom stereocenters. The van der Waals surface area contributed by atoms with Crippen LogP contribution in [0.3, 0.4) is 0 Å². The van der Waals surface area contributed by atoms with Gasteiger partial charge in [-0.15, -0.1) is 0 Å². The summed E-state index contributed by atoms with van der Waals surface area (Å²) in [6.07, 6.45) is 14.2. The second kappa shape index (κ2) is 9.17. The summed E-state index contributed by atoms with van der Waals surface area (Å²) in [5.74, 6) is 2.06. The van der Waals surface area contributed by atoms with E-state index in [9.17, 15) is 0 Å². The molecule has 0 aromatic carbocycles. The lowest BCUT2D eigenvalue weighted by Crippen LogP contribution is -2.49. The van der Waals surface area contributed by atoms with E-state index in [0.29, 0.717) is 44.4 Å². The summed E-state index contributed by atoms with van der Waals surface area (Å²) in [5.41, 5.74) is -0.0479. The van der Waals surface area contributed by atoms with Crippen LogP contribution in [0.1, 0.15) is 19.3 Å². The first kappa shape index (κ1) is 18.9. The van der Waals surface area contributed by atoms with Gasteiger partial charge in [0, 0.05) is 0 Å². The van der Waals surface area contributed by atoms with Gasteiger partial charge in [-0.1, -0.05) is 13.2 Å². The smallest absolute Gasteiger partial charge is 0.101 e. The van der Waals surface area contributed by atoms with Crippen LogP contribution in [0.4, 0.5) is 0 Å². The Bertz CT molecular complexity index is 522. The lowest BCUT2D eigenvalue weighted by Gasteiger charge is -2.39. The number of allylic oxidation sites excluding steroid dienone is 2. The van der Waals surface area contributed by atoms with Gasteiger partial charge in [0.1, 0.15) is 19.3 Å². The van der Waals surface area contributed by atoms with Gasteiger partial charge in [0.05, 0.1) is 50.3 Å². The molecule has 3 rings (SSSR count). The largest absolute Gasteiger partial charge is 0.501 e. The predicted molar refractivity (Wildman–Crippen MR) is 99.0 cm³/mol. The first-order valence-corrected chi connectivity index (χ1v) is 9.38. The minimum atomic E-state index is -0.0479. The molecule has 2 saturated carbocycles. The van der Waals surface area contributed by atoms with E-state index in [1.54, 1.807) is 18.8 Å². The third-order valence-electron chi connectivity index (χ3n) is 5.69. The van der Waals surface area contributed by atoms with E-state index in [1.165, 1.54) is 19.1 Å². The zero-order chi connectivity index (χ0) is 18.2. The van der Waals surface area contributed by atoms with E-state index >= 15 is 0 Å². The SMILES string of the molecule is C=COCC1(CO/C=C/C=C/OCC2CC3CC2CC3OC=C)COC1. The van der Waals surface area contributed by atoms with Gasteiger partial charge in [-0.3, -0.25) is 0 Å². The van der Waals surface area contributed by atoms with Crippen LogP contribution in [-0.4, -0.2) is 39.1 Å². The maximum Gasteiger partial charge on any atom is 0.101 e.